The molecule has 0 spiro atoms. The zero-order chi connectivity index (χ0) is 6.57. The van der Waals surface area contributed by atoms with Crippen LogP contribution in [-0.4, -0.2) is 32.4 Å². The Bertz CT molecular complexity index is 105. The molecule has 0 aromatic carbocycles. The minimum atomic E-state index is 1.16. The van der Waals surface area contributed by atoms with Gasteiger partial charge in [0.1, 0.15) is 0 Å². The van der Waals surface area contributed by atoms with E-state index < -0.39 is 0 Å². The molecule has 0 fully saturated rings. The van der Waals surface area contributed by atoms with E-state index in [4.69, 9.17) is 0 Å². The van der Waals surface area contributed by atoms with Crippen molar-refractivity contribution in [3.8, 4) is 0 Å². The molecule has 44 valence electrons. The van der Waals surface area contributed by atoms with Crippen LogP contribution in [0.2, 0.25) is 0 Å². The van der Waals surface area contributed by atoms with Crippen LogP contribution < -0.4 is 0 Å². The van der Waals surface area contributed by atoms with Gasteiger partial charge in [-0.25, -0.2) is 0 Å². The summed E-state index contributed by atoms with van der Waals surface area (Å²) in [6, 6.07) is 0. The third kappa shape index (κ3) is 1.96. The first-order valence-electron chi connectivity index (χ1n) is 2.68. The molecule has 0 amide bonds. The number of hydrogen-bond donors (Lipinski definition) is 0. The Morgan fingerprint density at radius 1 is 1.50 bits per heavy atom. The molecule has 0 aliphatic heterocycles. The Kier molecular flexibility index (Phi) is 3.25. The second-order valence-electron chi connectivity index (χ2n) is 1.81. The van der Waals surface area contributed by atoms with Crippen LogP contribution in [0.25, 0.3) is 0 Å². The molecule has 0 radical (unpaired) electrons. The van der Waals surface area contributed by atoms with Crippen molar-refractivity contribution in [2.45, 2.75) is 6.92 Å². The monoisotopic (exact) mass is 109 g/mol. The zero-order valence-electron chi connectivity index (χ0n) is 5.81. The van der Waals surface area contributed by atoms with Gasteiger partial charge in [0.05, 0.1) is 0 Å². The molecular formula is C6H12BN. The van der Waals surface area contributed by atoms with E-state index in [0.29, 0.717) is 0 Å². The Labute approximate surface area is 52.1 Å². The third-order valence-electron chi connectivity index (χ3n) is 1.02. The van der Waals surface area contributed by atoms with Crippen LogP contribution in [0.3, 0.4) is 0 Å². The molecule has 0 aliphatic rings. The second-order valence-corrected chi connectivity index (χ2v) is 1.81. The van der Waals surface area contributed by atoms with Gasteiger partial charge in [-0.3, -0.25) is 0 Å². The Morgan fingerprint density at radius 3 is 2.00 bits per heavy atom. The van der Waals surface area contributed by atoms with Crippen molar-refractivity contribution in [3.63, 3.8) is 0 Å². The molecule has 0 heterocycles. The van der Waals surface area contributed by atoms with E-state index in [9.17, 15) is 0 Å². The molecule has 0 saturated heterocycles. The van der Waals surface area contributed by atoms with Crippen molar-refractivity contribution < 1.29 is 0 Å². The summed E-state index contributed by atoms with van der Waals surface area (Å²) < 4.78 is 0. The van der Waals surface area contributed by atoms with Crippen molar-refractivity contribution in [1.29, 1.82) is 0 Å². The molecule has 0 N–H and O–H groups in total. The van der Waals surface area contributed by atoms with Gasteiger partial charge in [0.2, 0.25) is 0 Å². The second kappa shape index (κ2) is 3.47. The number of nitrogens with zero attached hydrogens (tertiary/aromatic N) is 1. The van der Waals surface area contributed by atoms with Crippen LogP contribution in [0.1, 0.15) is 6.92 Å². The number of hydrogen-bond acceptors (Lipinski definition) is 1. The molecule has 0 rings (SSSR count). The summed E-state index contributed by atoms with van der Waals surface area (Å²) in [5.74, 6) is 1.83. The predicted molar refractivity (Wildman–Crippen MR) is 40.7 cm³/mol. The molecule has 0 aromatic heterocycles. The van der Waals surface area contributed by atoms with E-state index in [0.717, 1.165) is 5.70 Å². The molecule has 2 heteroatoms. The molecule has 0 saturated carbocycles. The summed E-state index contributed by atoms with van der Waals surface area (Å²) >= 11 is 0. The van der Waals surface area contributed by atoms with Crippen molar-refractivity contribution in [1.82, 2.24) is 4.90 Å². The first-order valence-corrected chi connectivity index (χ1v) is 2.68. The van der Waals surface area contributed by atoms with Crippen LogP contribution in [0, 0.1) is 0 Å². The predicted octanol–water partition coefficient (Wildman–Crippen LogP) is 0.155. The van der Waals surface area contributed by atoms with E-state index in [1.54, 1.807) is 0 Å². The van der Waals surface area contributed by atoms with Gasteiger partial charge in [0.15, 0.2) is 0 Å². The molecular weight excluding hydrogens is 96.9 g/mol. The topological polar surface area (TPSA) is 3.24 Å². The summed E-state index contributed by atoms with van der Waals surface area (Å²) in [7, 11) is 7.64. The van der Waals surface area contributed by atoms with Crippen molar-refractivity contribution >= 4 is 13.5 Å². The molecule has 0 atom stereocenters. The van der Waals surface area contributed by atoms with Gasteiger partial charge in [-0.15, -0.1) is 0 Å². The summed E-state index contributed by atoms with van der Waals surface area (Å²) in [4.78, 5) is 2.02. The Morgan fingerprint density at radius 2 is 2.00 bits per heavy atom. The van der Waals surface area contributed by atoms with Gasteiger partial charge < -0.3 is 0 Å². The van der Waals surface area contributed by atoms with Gasteiger partial charge in [-0.2, -0.15) is 0 Å². The van der Waals surface area contributed by atoms with Gasteiger partial charge in [0.25, 0.3) is 0 Å². The van der Waals surface area contributed by atoms with Gasteiger partial charge in [0, 0.05) is 0 Å². The van der Waals surface area contributed by atoms with Crippen LogP contribution in [-0.2, 0) is 0 Å². The summed E-state index contributed by atoms with van der Waals surface area (Å²) in [5.41, 5.74) is 1.16. The van der Waals surface area contributed by atoms with Crippen LogP contribution in [0.15, 0.2) is 11.8 Å². The van der Waals surface area contributed by atoms with Crippen LogP contribution >= 0.6 is 0 Å². The molecule has 1 nitrogen and oxygen atoms in total. The maximum absolute atomic E-state index is 3.64. The van der Waals surface area contributed by atoms with E-state index in [1.807, 2.05) is 38.0 Å². The van der Waals surface area contributed by atoms with Gasteiger partial charge in [-0.05, 0) is 0 Å². The van der Waals surface area contributed by atoms with E-state index in [2.05, 4.69) is 7.49 Å². The molecule has 0 bridgehead atoms. The van der Waals surface area contributed by atoms with E-state index in [-0.39, 0.29) is 0 Å². The Balaban J connectivity index is 3.91. The fourth-order valence-electron chi connectivity index (χ4n) is 0.559. The summed E-state index contributed by atoms with van der Waals surface area (Å²) in [6.07, 6.45) is 2.02. The zero-order valence-corrected chi connectivity index (χ0v) is 5.81. The molecule has 0 unspecified atom stereocenters. The van der Waals surface area contributed by atoms with Crippen LogP contribution in [0.4, 0.5) is 0 Å². The number of rotatable bonds is 2. The molecule has 8 heavy (non-hydrogen) atoms. The quantitative estimate of drug-likeness (QED) is 0.456. The average Bonchev–Trinajstić information content (AvgIpc) is 1.69. The fourth-order valence-corrected chi connectivity index (χ4v) is 0.559. The fraction of sp³-hybridized carbons (Fsp3) is 0.500. The van der Waals surface area contributed by atoms with Crippen molar-refractivity contribution in [3.05, 3.63) is 11.8 Å². The standard InChI is InChI=1S/C6H12BN/c1-4-6(5-7)8(2)3/h4-5,7H,1-3H3/b6-4-. The Hall–Kier alpha value is -0.525. The molecule has 0 aromatic rings. The van der Waals surface area contributed by atoms with Crippen molar-refractivity contribution in [2.24, 2.45) is 0 Å². The first-order chi connectivity index (χ1) is 3.72. The van der Waals surface area contributed by atoms with Crippen molar-refractivity contribution in [2.75, 3.05) is 14.1 Å². The summed E-state index contributed by atoms with van der Waals surface area (Å²) in [6.45, 7) is 2.00. The van der Waals surface area contributed by atoms with Crippen LogP contribution in [0.5, 0.6) is 0 Å². The van der Waals surface area contributed by atoms with E-state index in [1.165, 1.54) is 0 Å². The molecule has 0 aliphatic carbocycles. The summed E-state index contributed by atoms with van der Waals surface area (Å²) in [5, 5.41) is 0. The first kappa shape index (κ1) is 7.47. The van der Waals surface area contributed by atoms with Gasteiger partial charge in [-0.1, -0.05) is 0 Å². The maximum atomic E-state index is 3.64. The third-order valence-corrected chi connectivity index (χ3v) is 1.02. The van der Waals surface area contributed by atoms with Gasteiger partial charge >= 0.3 is 51.1 Å². The minimum absolute atomic E-state index is 1.16. The average molecular weight is 109 g/mol. The number of allylic oxidation sites excluding steroid dienone is 2. The van der Waals surface area contributed by atoms with E-state index >= 15 is 0 Å². The SMILES string of the molecule is B=C/C(=C/C)N(C)C. The normalized spacial score (nSPS) is 11.0.